The molecule has 1 amide bonds. The van der Waals surface area contributed by atoms with Crippen molar-refractivity contribution in [1.82, 2.24) is 0 Å². The highest BCUT2D eigenvalue weighted by molar-refractivity contribution is 7.92. The van der Waals surface area contributed by atoms with Gasteiger partial charge in [0.1, 0.15) is 0 Å². The van der Waals surface area contributed by atoms with E-state index in [0.29, 0.717) is 16.3 Å². The van der Waals surface area contributed by atoms with Crippen molar-refractivity contribution in [2.24, 2.45) is 0 Å². The van der Waals surface area contributed by atoms with Crippen molar-refractivity contribution in [3.63, 3.8) is 0 Å². The lowest BCUT2D eigenvalue weighted by atomic mass is 9.86. The van der Waals surface area contributed by atoms with E-state index in [1.54, 1.807) is 26.0 Å². The second-order valence-corrected chi connectivity index (χ2v) is 8.54. The Hall–Kier alpha value is -1.76. The molecule has 2 N–H and O–H groups in total. The van der Waals surface area contributed by atoms with Gasteiger partial charge in [0, 0.05) is 10.7 Å². The van der Waals surface area contributed by atoms with Crippen molar-refractivity contribution in [2.45, 2.75) is 24.2 Å². The number of benzene rings is 2. The fraction of sp³-hybridized carbons (Fsp3) is 0.188. The molecule has 0 saturated heterocycles. The van der Waals surface area contributed by atoms with Gasteiger partial charge in [-0.05, 0) is 55.8 Å². The second kappa shape index (κ2) is 5.65. The van der Waals surface area contributed by atoms with Crippen molar-refractivity contribution >= 4 is 50.5 Å². The third-order valence-corrected chi connectivity index (χ3v) is 5.89. The van der Waals surface area contributed by atoms with E-state index in [9.17, 15) is 13.2 Å². The smallest absolute Gasteiger partial charge is 0.261 e. The molecule has 0 aliphatic carbocycles. The van der Waals surface area contributed by atoms with Gasteiger partial charge in [-0.15, -0.1) is 0 Å². The fourth-order valence-corrected chi connectivity index (χ4v) is 3.99. The number of rotatable bonds is 3. The largest absolute Gasteiger partial charge is 0.325 e. The van der Waals surface area contributed by atoms with Gasteiger partial charge in [-0.3, -0.25) is 9.52 Å². The van der Waals surface area contributed by atoms with Crippen molar-refractivity contribution in [2.75, 3.05) is 10.0 Å². The Balaban J connectivity index is 2.02. The van der Waals surface area contributed by atoms with E-state index in [1.165, 1.54) is 24.3 Å². The molecule has 3 rings (SSSR count). The zero-order valence-electron chi connectivity index (χ0n) is 12.9. The third kappa shape index (κ3) is 2.85. The van der Waals surface area contributed by atoms with Crippen LogP contribution >= 0.6 is 23.2 Å². The molecule has 0 aromatic heterocycles. The van der Waals surface area contributed by atoms with E-state index < -0.39 is 15.4 Å². The Morgan fingerprint density at radius 1 is 1.08 bits per heavy atom. The Morgan fingerprint density at radius 2 is 1.79 bits per heavy atom. The van der Waals surface area contributed by atoms with Crippen molar-refractivity contribution in [1.29, 1.82) is 0 Å². The highest BCUT2D eigenvalue weighted by atomic mass is 35.5. The fourth-order valence-electron chi connectivity index (χ4n) is 2.50. The Morgan fingerprint density at radius 3 is 2.50 bits per heavy atom. The molecule has 1 aliphatic heterocycles. The first-order chi connectivity index (χ1) is 11.1. The number of halogens is 2. The summed E-state index contributed by atoms with van der Waals surface area (Å²) in [4.78, 5) is 12.0. The number of sulfonamides is 1. The lowest BCUT2D eigenvalue weighted by Crippen LogP contribution is -2.27. The van der Waals surface area contributed by atoms with E-state index >= 15 is 0 Å². The van der Waals surface area contributed by atoms with Crippen LogP contribution in [0.1, 0.15) is 19.4 Å². The molecule has 24 heavy (non-hydrogen) atoms. The molecule has 0 unspecified atom stereocenters. The van der Waals surface area contributed by atoms with Crippen molar-refractivity contribution < 1.29 is 13.2 Å². The number of carbonyl (C=O) groups is 1. The maximum Gasteiger partial charge on any atom is 0.261 e. The molecular formula is C16H14Cl2N2O3S. The number of carbonyl (C=O) groups excluding carboxylic acids is 1. The molecule has 1 heterocycles. The molecule has 0 fully saturated rings. The van der Waals surface area contributed by atoms with Gasteiger partial charge in [-0.2, -0.15) is 0 Å². The van der Waals surface area contributed by atoms with Crippen LogP contribution in [-0.4, -0.2) is 14.3 Å². The van der Waals surface area contributed by atoms with Crippen LogP contribution in [0, 0.1) is 0 Å². The minimum atomic E-state index is -3.87. The molecule has 0 spiro atoms. The summed E-state index contributed by atoms with van der Waals surface area (Å²) in [6, 6.07) is 9.02. The van der Waals surface area contributed by atoms with Crippen LogP contribution in [0.5, 0.6) is 0 Å². The zero-order chi connectivity index (χ0) is 17.7. The summed E-state index contributed by atoms with van der Waals surface area (Å²) >= 11 is 11.9. The lowest BCUT2D eigenvalue weighted by Gasteiger charge is -2.16. The molecule has 0 atom stereocenters. The molecule has 2 aromatic carbocycles. The molecule has 5 nitrogen and oxygen atoms in total. The minimum Gasteiger partial charge on any atom is -0.325 e. The number of hydrogen-bond donors (Lipinski definition) is 2. The minimum absolute atomic E-state index is 0.0434. The van der Waals surface area contributed by atoms with E-state index in [-0.39, 0.29) is 21.5 Å². The third-order valence-electron chi connectivity index (χ3n) is 3.96. The van der Waals surface area contributed by atoms with Gasteiger partial charge in [0.15, 0.2) is 0 Å². The van der Waals surface area contributed by atoms with Gasteiger partial charge >= 0.3 is 0 Å². The Bertz CT molecular complexity index is 956. The number of fused-ring (bicyclic) bond motifs is 1. The zero-order valence-corrected chi connectivity index (χ0v) is 15.2. The molecule has 8 heteroatoms. The van der Waals surface area contributed by atoms with Gasteiger partial charge in [0.25, 0.3) is 10.0 Å². The lowest BCUT2D eigenvalue weighted by molar-refractivity contribution is -0.119. The van der Waals surface area contributed by atoms with Gasteiger partial charge in [-0.1, -0.05) is 23.2 Å². The topological polar surface area (TPSA) is 75.3 Å². The van der Waals surface area contributed by atoms with E-state index in [0.717, 1.165) is 0 Å². The first kappa shape index (κ1) is 17.1. The highest BCUT2D eigenvalue weighted by Gasteiger charge is 2.39. The van der Waals surface area contributed by atoms with Crippen LogP contribution in [-0.2, 0) is 20.2 Å². The number of nitrogens with one attached hydrogen (secondary N) is 2. The Labute approximate surface area is 150 Å². The monoisotopic (exact) mass is 384 g/mol. The first-order valence-electron chi connectivity index (χ1n) is 7.05. The van der Waals surface area contributed by atoms with Crippen LogP contribution in [0.3, 0.4) is 0 Å². The molecule has 0 bridgehead atoms. The summed E-state index contributed by atoms with van der Waals surface area (Å²) in [6.07, 6.45) is 0. The van der Waals surface area contributed by atoms with Crippen LogP contribution in [0.15, 0.2) is 41.3 Å². The number of anilines is 2. The molecule has 0 radical (unpaired) electrons. The number of amides is 1. The SMILES string of the molecule is CC1(C)C(=O)Nc2ccc(S(=O)(=O)Nc3cc(Cl)ccc3Cl)cc21. The Kier molecular flexibility index (Phi) is 4.02. The normalized spacial score (nSPS) is 15.8. The highest BCUT2D eigenvalue weighted by Crippen LogP contribution is 2.38. The molecule has 2 aromatic rings. The van der Waals surface area contributed by atoms with Gasteiger partial charge in [-0.25, -0.2) is 8.42 Å². The summed E-state index contributed by atoms with van der Waals surface area (Å²) < 4.78 is 27.7. The summed E-state index contributed by atoms with van der Waals surface area (Å²) in [5, 5.41) is 3.34. The van der Waals surface area contributed by atoms with Gasteiger partial charge < -0.3 is 5.32 Å². The average Bonchev–Trinajstić information content (AvgIpc) is 2.72. The summed E-state index contributed by atoms with van der Waals surface area (Å²) in [6.45, 7) is 3.48. The predicted octanol–water partition coefficient (Wildman–Crippen LogP) is 4.02. The van der Waals surface area contributed by atoms with Crippen molar-refractivity contribution in [3.05, 3.63) is 52.0 Å². The van der Waals surface area contributed by atoms with Crippen LogP contribution in [0.4, 0.5) is 11.4 Å². The second-order valence-electron chi connectivity index (χ2n) is 6.02. The first-order valence-corrected chi connectivity index (χ1v) is 9.29. The average molecular weight is 385 g/mol. The van der Waals surface area contributed by atoms with E-state index in [4.69, 9.17) is 23.2 Å². The standard InChI is InChI=1S/C16H14Cl2N2O3S/c1-16(2)11-8-10(4-6-13(11)19-15(16)21)24(22,23)20-14-7-9(17)3-5-12(14)18/h3-8,20H,1-2H3,(H,19,21). The molecule has 0 saturated carbocycles. The van der Waals surface area contributed by atoms with Crippen LogP contribution in [0.2, 0.25) is 10.0 Å². The molecular weight excluding hydrogens is 371 g/mol. The predicted molar refractivity (Wildman–Crippen MR) is 95.4 cm³/mol. The summed E-state index contributed by atoms with van der Waals surface area (Å²) in [5.74, 6) is -0.169. The maximum atomic E-state index is 12.6. The molecule has 126 valence electrons. The summed E-state index contributed by atoms with van der Waals surface area (Å²) in [7, 11) is -3.87. The summed E-state index contributed by atoms with van der Waals surface area (Å²) in [5.41, 5.74) is 0.643. The van der Waals surface area contributed by atoms with Crippen LogP contribution in [0.25, 0.3) is 0 Å². The van der Waals surface area contributed by atoms with Gasteiger partial charge in [0.2, 0.25) is 5.91 Å². The number of hydrogen-bond acceptors (Lipinski definition) is 3. The quantitative estimate of drug-likeness (QED) is 0.838. The van der Waals surface area contributed by atoms with Crippen LogP contribution < -0.4 is 10.0 Å². The van der Waals surface area contributed by atoms with E-state index in [1.807, 2.05) is 0 Å². The van der Waals surface area contributed by atoms with Gasteiger partial charge in [0.05, 0.1) is 21.0 Å². The van der Waals surface area contributed by atoms with E-state index in [2.05, 4.69) is 10.0 Å². The van der Waals surface area contributed by atoms with Crippen molar-refractivity contribution in [3.8, 4) is 0 Å². The molecule has 1 aliphatic rings. The maximum absolute atomic E-state index is 12.6.